The minimum atomic E-state index is -0.460. The summed E-state index contributed by atoms with van der Waals surface area (Å²) < 4.78 is 0. The van der Waals surface area contributed by atoms with Crippen molar-refractivity contribution in [1.29, 1.82) is 0 Å². The zero-order chi connectivity index (χ0) is 39.3. The first-order chi connectivity index (χ1) is 28.4. The number of hydrogen-bond acceptors (Lipinski definition) is 1. The van der Waals surface area contributed by atoms with Crippen LogP contribution in [-0.4, -0.2) is 0 Å². The molecule has 0 saturated carbocycles. The molecule has 0 N–H and O–H groups in total. The zero-order valence-corrected chi connectivity index (χ0v) is 33.2. The van der Waals surface area contributed by atoms with Crippen LogP contribution in [0.3, 0.4) is 0 Å². The molecule has 0 heterocycles. The summed E-state index contributed by atoms with van der Waals surface area (Å²) in [5, 5.41) is 2.44. The second-order valence-corrected chi connectivity index (χ2v) is 16.5. The lowest BCUT2D eigenvalue weighted by Gasteiger charge is -2.34. The first kappa shape index (κ1) is 35.5. The molecule has 9 aromatic rings. The molecule has 1 aliphatic rings. The van der Waals surface area contributed by atoms with Crippen molar-refractivity contribution in [2.24, 2.45) is 0 Å². The minimum Gasteiger partial charge on any atom is -0.310 e. The molecule has 1 heteroatoms. The molecule has 10 rings (SSSR count). The summed E-state index contributed by atoms with van der Waals surface area (Å²) in [4.78, 5) is 2.48. The predicted octanol–water partition coefficient (Wildman–Crippen LogP) is 15.3. The summed E-state index contributed by atoms with van der Waals surface area (Å²) in [5.41, 5.74) is 16.7. The molecule has 1 aliphatic carbocycles. The SMILES string of the molecule is CC(C)(C)c1ccc(N(c2ccc3c(c2)-c2ccccc2C3(c2ccccc2)c2ccccc2)c2ccc3ccccc3c2-c2cccc(-c3ccccc3)c2)cc1. The highest BCUT2D eigenvalue weighted by atomic mass is 15.1. The van der Waals surface area contributed by atoms with Crippen LogP contribution in [0.1, 0.15) is 48.6 Å². The summed E-state index contributed by atoms with van der Waals surface area (Å²) in [6, 6.07) is 80.7. The molecule has 0 spiro atoms. The molecule has 278 valence electrons. The Morgan fingerprint density at radius 3 is 1.67 bits per heavy atom. The monoisotopic (exact) mass is 743 g/mol. The van der Waals surface area contributed by atoms with Gasteiger partial charge in [-0.1, -0.05) is 203 Å². The zero-order valence-electron chi connectivity index (χ0n) is 33.2. The number of anilines is 3. The third-order valence-electron chi connectivity index (χ3n) is 12.1. The van der Waals surface area contributed by atoms with Crippen LogP contribution in [0.15, 0.2) is 218 Å². The fraction of sp³-hybridized carbons (Fsp3) is 0.0877. The smallest absolute Gasteiger partial charge is 0.0713 e. The number of rotatable bonds is 7. The summed E-state index contributed by atoms with van der Waals surface area (Å²) in [5.74, 6) is 0. The molecule has 0 aliphatic heterocycles. The van der Waals surface area contributed by atoms with E-state index in [2.05, 4.69) is 244 Å². The van der Waals surface area contributed by atoms with Gasteiger partial charge < -0.3 is 4.90 Å². The van der Waals surface area contributed by atoms with Crippen LogP contribution >= 0.6 is 0 Å². The summed E-state index contributed by atoms with van der Waals surface area (Å²) >= 11 is 0. The Hall–Kier alpha value is -6.96. The molecule has 0 unspecified atom stereocenters. The summed E-state index contributed by atoms with van der Waals surface area (Å²) in [6.07, 6.45) is 0. The Kier molecular flexibility index (Phi) is 8.68. The normalized spacial score (nSPS) is 12.9. The first-order valence-electron chi connectivity index (χ1n) is 20.3. The van der Waals surface area contributed by atoms with E-state index in [1.807, 2.05) is 0 Å². The van der Waals surface area contributed by atoms with Crippen molar-refractivity contribution in [2.75, 3.05) is 4.90 Å². The Bertz CT molecular complexity index is 2860. The number of nitrogens with zero attached hydrogens (tertiary/aromatic N) is 1. The van der Waals surface area contributed by atoms with Crippen molar-refractivity contribution in [1.82, 2.24) is 0 Å². The van der Waals surface area contributed by atoms with Gasteiger partial charge in [0.15, 0.2) is 0 Å². The largest absolute Gasteiger partial charge is 0.310 e. The molecule has 0 radical (unpaired) electrons. The van der Waals surface area contributed by atoms with Crippen LogP contribution in [-0.2, 0) is 10.8 Å². The third-order valence-corrected chi connectivity index (χ3v) is 12.1. The lowest BCUT2D eigenvalue weighted by molar-refractivity contribution is 0.590. The second-order valence-electron chi connectivity index (χ2n) is 16.5. The summed E-state index contributed by atoms with van der Waals surface area (Å²) in [7, 11) is 0. The van der Waals surface area contributed by atoms with Gasteiger partial charge in [-0.05, 0) is 108 Å². The highest BCUT2D eigenvalue weighted by molar-refractivity contribution is 6.06. The maximum absolute atomic E-state index is 2.48. The lowest BCUT2D eigenvalue weighted by Crippen LogP contribution is -2.28. The van der Waals surface area contributed by atoms with Gasteiger partial charge in [-0.2, -0.15) is 0 Å². The Morgan fingerprint density at radius 2 is 0.966 bits per heavy atom. The van der Waals surface area contributed by atoms with Crippen molar-refractivity contribution >= 4 is 27.8 Å². The molecule has 0 aromatic heterocycles. The molecule has 0 fully saturated rings. The van der Waals surface area contributed by atoms with E-state index in [-0.39, 0.29) is 5.41 Å². The van der Waals surface area contributed by atoms with E-state index in [1.54, 1.807) is 0 Å². The topological polar surface area (TPSA) is 3.24 Å². The van der Waals surface area contributed by atoms with Crippen molar-refractivity contribution in [3.8, 4) is 33.4 Å². The average molecular weight is 744 g/mol. The van der Waals surface area contributed by atoms with Gasteiger partial charge in [0.25, 0.3) is 0 Å². The van der Waals surface area contributed by atoms with Gasteiger partial charge in [0.1, 0.15) is 0 Å². The van der Waals surface area contributed by atoms with Gasteiger partial charge in [-0.25, -0.2) is 0 Å². The molecule has 0 atom stereocenters. The molecule has 0 saturated heterocycles. The Labute approximate surface area is 342 Å². The van der Waals surface area contributed by atoms with Crippen LogP contribution in [0.25, 0.3) is 44.2 Å². The lowest BCUT2D eigenvalue weighted by atomic mass is 9.68. The van der Waals surface area contributed by atoms with Crippen molar-refractivity contribution in [2.45, 2.75) is 31.6 Å². The minimum absolute atomic E-state index is 0.0326. The Morgan fingerprint density at radius 1 is 0.397 bits per heavy atom. The maximum atomic E-state index is 2.48. The quantitative estimate of drug-likeness (QED) is 0.157. The standard InChI is InChI=1S/C57H45N/c1-56(2,3)44-31-33-47(34-32-44)58(54-37-30-41-20-13-14-27-49(41)55(54)43-22-17-21-42(38-43)40-18-7-4-8-19-40)48-35-36-53-51(39-48)50-28-15-16-29-52(50)57(53,45-23-9-5-10-24-45)46-25-11-6-12-26-46/h4-39H,1-3H3. The predicted molar refractivity (Wildman–Crippen MR) is 246 cm³/mol. The van der Waals surface area contributed by atoms with Crippen molar-refractivity contribution in [3.05, 3.63) is 246 Å². The van der Waals surface area contributed by atoms with Crippen LogP contribution in [0, 0.1) is 0 Å². The highest BCUT2D eigenvalue weighted by Gasteiger charge is 2.46. The molecular weight excluding hydrogens is 699 g/mol. The van der Waals surface area contributed by atoms with Crippen LogP contribution in [0.4, 0.5) is 17.1 Å². The molecular formula is C57H45N. The highest BCUT2D eigenvalue weighted by Crippen LogP contribution is 2.57. The van der Waals surface area contributed by atoms with Gasteiger partial charge in [0.05, 0.1) is 11.1 Å². The van der Waals surface area contributed by atoms with Crippen LogP contribution < -0.4 is 4.90 Å². The van der Waals surface area contributed by atoms with Gasteiger partial charge in [0.2, 0.25) is 0 Å². The van der Waals surface area contributed by atoms with Gasteiger partial charge >= 0.3 is 0 Å². The first-order valence-corrected chi connectivity index (χ1v) is 20.3. The number of fused-ring (bicyclic) bond motifs is 4. The second kappa shape index (κ2) is 14.2. The van der Waals surface area contributed by atoms with Crippen molar-refractivity contribution in [3.63, 3.8) is 0 Å². The summed E-state index contributed by atoms with van der Waals surface area (Å²) in [6.45, 7) is 6.85. The van der Waals surface area contributed by atoms with E-state index < -0.39 is 5.41 Å². The van der Waals surface area contributed by atoms with Gasteiger partial charge in [-0.15, -0.1) is 0 Å². The fourth-order valence-corrected chi connectivity index (χ4v) is 9.35. The van der Waals surface area contributed by atoms with E-state index >= 15 is 0 Å². The molecule has 58 heavy (non-hydrogen) atoms. The van der Waals surface area contributed by atoms with Gasteiger partial charge in [0, 0.05) is 16.9 Å². The number of benzene rings is 9. The van der Waals surface area contributed by atoms with E-state index in [9.17, 15) is 0 Å². The maximum Gasteiger partial charge on any atom is 0.0713 e. The molecule has 0 amide bonds. The van der Waals surface area contributed by atoms with E-state index in [0.717, 1.165) is 17.1 Å². The average Bonchev–Trinajstić information content (AvgIpc) is 3.58. The van der Waals surface area contributed by atoms with E-state index in [4.69, 9.17) is 0 Å². The van der Waals surface area contributed by atoms with Crippen molar-refractivity contribution < 1.29 is 0 Å². The van der Waals surface area contributed by atoms with E-state index in [1.165, 1.54) is 72.0 Å². The molecule has 9 aromatic carbocycles. The van der Waals surface area contributed by atoms with Gasteiger partial charge in [-0.3, -0.25) is 0 Å². The third kappa shape index (κ3) is 5.85. The molecule has 0 bridgehead atoms. The van der Waals surface area contributed by atoms with E-state index in [0.29, 0.717) is 0 Å². The van der Waals surface area contributed by atoms with Crippen LogP contribution in [0.5, 0.6) is 0 Å². The number of hydrogen-bond donors (Lipinski definition) is 0. The fourth-order valence-electron chi connectivity index (χ4n) is 9.35. The molecule has 1 nitrogen and oxygen atoms in total. The van der Waals surface area contributed by atoms with Crippen LogP contribution in [0.2, 0.25) is 0 Å². The Balaban J connectivity index is 1.25.